The van der Waals surface area contributed by atoms with Gasteiger partial charge in [-0.2, -0.15) is 0 Å². The van der Waals surface area contributed by atoms with E-state index in [0.717, 1.165) is 0 Å². The molecule has 3 rings (SSSR count). The van der Waals surface area contributed by atoms with E-state index in [1.807, 2.05) is 0 Å². The molecule has 33 N–H and O–H groups in total. The molecule has 0 bridgehead atoms. The number of fused-ring (bicyclic) bond motifs is 1. The number of carboxylic acids is 3. The van der Waals surface area contributed by atoms with Gasteiger partial charge in [0.2, 0.25) is 106 Å². The maximum atomic E-state index is 15.0. The van der Waals surface area contributed by atoms with Crippen molar-refractivity contribution >= 4 is 141 Å². The van der Waals surface area contributed by atoms with Crippen molar-refractivity contribution in [1.82, 2.24) is 84.7 Å². The molecule has 0 fully saturated rings. The van der Waals surface area contributed by atoms with Gasteiger partial charge in [0.25, 0.3) is 0 Å². The minimum absolute atomic E-state index is 0.00265. The maximum Gasteiger partial charge on any atom is 0.325 e. The first-order valence-corrected chi connectivity index (χ1v) is 42.5. The summed E-state index contributed by atoms with van der Waals surface area (Å²) in [6.07, 6.45) is -7.14. The van der Waals surface area contributed by atoms with Crippen LogP contribution in [0.2, 0.25) is 0 Å². The van der Waals surface area contributed by atoms with Crippen LogP contribution in [0.1, 0.15) is 170 Å². The number of aromatic amines is 1. The number of amides is 18. The molecule has 3 aromatic rings. The fourth-order valence-corrected chi connectivity index (χ4v) is 13.2. The van der Waals surface area contributed by atoms with Crippen LogP contribution >= 0.6 is 0 Å². The first kappa shape index (κ1) is 111. The van der Waals surface area contributed by atoms with Gasteiger partial charge in [-0.25, -0.2) is 0 Å². The van der Waals surface area contributed by atoms with Crippen molar-refractivity contribution in [2.24, 2.45) is 58.1 Å². The number of primary amides is 4. The lowest BCUT2D eigenvalue weighted by atomic mass is 9.99. The number of guanidine groups is 1. The zero-order chi connectivity index (χ0) is 98.8. The molecule has 2 aromatic carbocycles. The first-order valence-electron chi connectivity index (χ1n) is 42.5. The van der Waals surface area contributed by atoms with E-state index in [0.29, 0.717) is 22.0 Å². The van der Waals surface area contributed by atoms with Gasteiger partial charge in [0.15, 0.2) is 5.96 Å². The number of carboxylic acid groups (broad SMARTS) is 3. The number of hydrogen-bond acceptors (Lipinski definition) is 24. The second-order valence-electron chi connectivity index (χ2n) is 33.2. The van der Waals surface area contributed by atoms with Crippen LogP contribution in [0.25, 0.3) is 10.9 Å². The Balaban J connectivity index is 2.08. The molecular weight excluding hydrogens is 1720 g/mol. The lowest BCUT2D eigenvalue weighted by Crippen LogP contribution is -2.62. The fraction of sp³-hybridized carbons (Fsp3) is 0.566. The number of hydrogen-bond donors (Lipinski definition) is 27. The topological polar surface area (TPSA) is 816 Å². The van der Waals surface area contributed by atoms with Gasteiger partial charge in [-0.1, -0.05) is 104 Å². The van der Waals surface area contributed by atoms with Crippen LogP contribution in [0.15, 0.2) is 60.8 Å². The van der Waals surface area contributed by atoms with E-state index < -0.39 is 316 Å². The third-order valence-corrected chi connectivity index (χ3v) is 20.1. The quantitative estimate of drug-likeness (QED) is 0.0142. The minimum atomic E-state index is -2.08. The zero-order valence-electron chi connectivity index (χ0n) is 74.5. The smallest absolute Gasteiger partial charge is 0.325 e. The summed E-state index contributed by atoms with van der Waals surface area (Å²) in [4.78, 5) is 289. The molecule has 18 amide bonds. The number of rotatable bonds is 61. The molecule has 0 radical (unpaired) electrons. The Kier molecular flexibility index (Phi) is 47.3. The zero-order valence-corrected chi connectivity index (χ0v) is 74.5. The molecule has 0 aliphatic rings. The number of carbonyl (C=O) groups is 21. The SMILES string of the molecule is CC(C)C[C@H](NC(=O)[C@H](CCCNC(=N)N)NC(=O)[C@H](CO)NC(=O)[C@@H](NC(=O)[C@H](Cc1c[nH]c2ccccc12)NC(=O)[C@H](CC(N)=O)NC(=O)[C@H](Cc1ccccc1)NC(=O)[C@H](CCC(N)=O)NC(=O)[C@H](CCC(=O)O)NC(=O)[C@H](CC(N)=O)NC(=O)[C@H](CC(C)C)NC(=O)[C@H](CCC(N)=O)NC(=O)[C@H](CCC(=O)O)NC(=O)[C@@H](N)CC(C)C)C(C)C)C(=O)N[C@@H](C)C(=O)O. The molecule has 0 saturated heterocycles. The van der Waals surface area contributed by atoms with E-state index >= 15 is 0 Å². The molecule has 0 unspecified atom stereocenters. The number of H-pyrrole nitrogens is 1. The highest BCUT2D eigenvalue weighted by Crippen LogP contribution is 2.21. The van der Waals surface area contributed by atoms with Crippen LogP contribution < -0.4 is 114 Å². The third kappa shape index (κ3) is 41.3. The number of carbonyl (C=O) groups excluding carboxylic acids is 18. The van der Waals surface area contributed by atoms with Gasteiger partial charge in [-0.3, -0.25) is 106 Å². The second kappa shape index (κ2) is 55.7. The van der Waals surface area contributed by atoms with Gasteiger partial charge in [0.05, 0.1) is 25.5 Å². The third-order valence-electron chi connectivity index (χ3n) is 20.1. The van der Waals surface area contributed by atoms with Crippen molar-refractivity contribution in [2.45, 2.75) is 262 Å². The van der Waals surface area contributed by atoms with Crippen molar-refractivity contribution in [3.8, 4) is 0 Å². The highest BCUT2D eigenvalue weighted by atomic mass is 16.4. The Bertz CT molecular complexity index is 4530. The van der Waals surface area contributed by atoms with Gasteiger partial charge in [0, 0.05) is 62.2 Å². The van der Waals surface area contributed by atoms with Crippen LogP contribution in [0, 0.1) is 29.1 Å². The summed E-state index contributed by atoms with van der Waals surface area (Å²) in [5.41, 5.74) is 34.9. The molecule has 0 aliphatic carbocycles. The summed E-state index contributed by atoms with van der Waals surface area (Å²) >= 11 is 0. The molecule has 15 atom stereocenters. The van der Waals surface area contributed by atoms with Crippen molar-refractivity contribution in [3.05, 3.63) is 71.9 Å². The van der Waals surface area contributed by atoms with Crippen LogP contribution in [0.5, 0.6) is 0 Å². The Morgan fingerprint density at radius 1 is 0.366 bits per heavy atom. The number of nitrogens with one attached hydrogen (secondary N) is 17. The van der Waals surface area contributed by atoms with E-state index in [4.69, 9.17) is 39.8 Å². The molecule has 0 spiro atoms. The highest BCUT2D eigenvalue weighted by molar-refractivity contribution is 6.02. The lowest BCUT2D eigenvalue weighted by Gasteiger charge is -2.29. The largest absolute Gasteiger partial charge is 0.481 e. The van der Waals surface area contributed by atoms with Crippen LogP contribution in [0.4, 0.5) is 0 Å². The summed E-state index contributed by atoms with van der Waals surface area (Å²) in [5, 5.41) is 83.5. The molecule has 0 aliphatic heterocycles. The van der Waals surface area contributed by atoms with Crippen molar-refractivity contribution in [2.75, 3.05) is 13.2 Å². The number of benzene rings is 2. The summed E-state index contributed by atoms with van der Waals surface area (Å²) < 4.78 is 0. The summed E-state index contributed by atoms with van der Waals surface area (Å²) in [7, 11) is 0. The molecule has 48 heteroatoms. The highest BCUT2D eigenvalue weighted by Gasteiger charge is 2.40. The summed E-state index contributed by atoms with van der Waals surface area (Å²) in [6, 6.07) is -11.3. The molecule has 0 saturated carbocycles. The number of aliphatic hydroxyl groups excluding tert-OH is 1. The molecule has 131 heavy (non-hydrogen) atoms. The van der Waals surface area contributed by atoms with Crippen molar-refractivity contribution in [1.29, 1.82) is 5.41 Å². The number of aliphatic hydroxyl groups is 1. The molecular formula is C83H127N23O25. The van der Waals surface area contributed by atoms with Crippen LogP contribution in [0.3, 0.4) is 0 Å². The normalized spacial score (nSPS) is 14.6. The number of aromatic nitrogens is 1. The number of aliphatic carboxylic acids is 3. The monoisotopic (exact) mass is 1850 g/mol. The van der Waals surface area contributed by atoms with Gasteiger partial charge >= 0.3 is 17.9 Å². The number of para-hydroxylation sites is 1. The van der Waals surface area contributed by atoms with E-state index in [2.05, 4.69) is 84.7 Å². The lowest BCUT2D eigenvalue weighted by molar-refractivity contribution is -0.142. The molecule has 48 nitrogen and oxygen atoms in total. The minimum Gasteiger partial charge on any atom is -0.481 e. The van der Waals surface area contributed by atoms with Gasteiger partial charge in [-0.05, 0) is 106 Å². The van der Waals surface area contributed by atoms with E-state index in [1.165, 1.54) is 51.2 Å². The van der Waals surface area contributed by atoms with Gasteiger partial charge in [0.1, 0.15) is 84.6 Å². The van der Waals surface area contributed by atoms with Crippen molar-refractivity contribution in [3.63, 3.8) is 0 Å². The molecule has 724 valence electrons. The average Bonchev–Trinajstić information content (AvgIpc) is 1.62. The fourth-order valence-electron chi connectivity index (χ4n) is 13.2. The number of nitrogens with two attached hydrogens (primary N) is 6. The van der Waals surface area contributed by atoms with E-state index in [1.54, 1.807) is 71.9 Å². The summed E-state index contributed by atoms with van der Waals surface area (Å²) in [5.74, 6) is -27.1. The van der Waals surface area contributed by atoms with Crippen LogP contribution in [-0.4, -0.2) is 259 Å². The maximum absolute atomic E-state index is 15.0. The Labute approximate surface area is 754 Å². The van der Waals surface area contributed by atoms with Gasteiger partial charge in [-0.15, -0.1) is 0 Å². The predicted molar refractivity (Wildman–Crippen MR) is 468 cm³/mol. The van der Waals surface area contributed by atoms with Crippen LogP contribution in [-0.2, 0) is 114 Å². The molecule has 1 heterocycles. The standard InChI is InChI=1S/C83H127N23O25/c1-39(2)30-47(84)68(116)94-52(23-27-65(112)113)70(118)96-50(21-25-61(85)108)72(120)100-55(32-41(5)6)75(123)103-58(35-63(87)110)77(125)98-53(24-28-66(114)115)71(119)97-51(22-26-62(86)109)73(121)101-56(33-44-16-11-10-12-17-44)76(124)104-59(36-64(88)111)78(126)102-57(34-45-37-92-48-19-14-13-18-46(45)48)79(127)106-67(42(7)8)81(129)105-60(38-107)80(128)95-49(20-15-29-91-83(89)90)69(117)99-54(31-40(3)4)74(122)93-43(9)82(130)131/h10-14,16-19,37,39-43,47,49-60,67,92,107H,15,20-36,38,84H2,1-9H3,(H2,85,108)(H2,86,109)(H2,87,110)(H2,88,111)(H,93,122)(H,94,116)(H,95,128)(H,96,118)(H,97,119)(H,98,125)(H,99,117)(H,100,120)(H,101,121)(H,102,126)(H,103,123)(H,104,124)(H,105,129)(H,106,127)(H,112,113)(H,114,115)(H,130,131)(H4,89,90,91)/t43-,47-,49-,50-,51-,52-,53-,54-,55-,56-,57-,58-,59-,60-,67-/m0/s1. The Hall–Kier alpha value is -14.0. The van der Waals surface area contributed by atoms with Crippen molar-refractivity contribution < 1.29 is 121 Å². The van der Waals surface area contributed by atoms with E-state index in [9.17, 15) is 121 Å². The van der Waals surface area contributed by atoms with Gasteiger partial charge < -0.3 is 140 Å². The first-order chi connectivity index (χ1) is 61.4. The van der Waals surface area contributed by atoms with E-state index in [-0.39, 0.29) is 50.5 Å². The Morgan fingerprint density at radius 2 is 0.710 bits per heavy atom. The Morgan fingerprint density at radius 3 is 1.11 bits per heavy atom. The predicted octanol–water partition coefficient (Wildman–Crippen LogP) is -6.77. The summed E-state index contributed by atoms with van der Waals surface area (Å²) in [6.45, 7) is 13.2. The second-order valence-corrected chi connectivity index (χ2v) is 33.2. The average molecular weight is 1850 g/mol. The molecule has 1 aromatic heterocycles.